The number of hydrogen-bond acceptors (Lipinski definition) is 6. The molecule has 0 amide bonds. The maximum absolute atomic E-state index is 11.6. The van der Waals surface area contributed by atoms with Crippen LogP contribution in [0.4, 0.5) is 0 Å². The summed E-state index contributed by atoms with van der Waals surface area (Å²) in [5, 5.41) is 21.5. The molecule has 0 aliphatic carbocycles. The Morgan fingerprint density at radius 2 is 1.95 bits per heavy atom. The van der Waals surface area contributed by atoms with Crippen LogP contribution in [0.5, 0.6) is 11.5 Å². The van der Waals surface area contributed by atoms with Gasteiger partial charge in [-0.15, -0.1) is 0 Å². The lowest BCUT2D eigenvalue weighted by atomic mass is 9.79. The molecule has 0 spiro atoms. The minimum Gasteiger partial charge on any atom is -0.497 e. The highest BCUT2D eigenvalue weighted by molar-refractivity contribution is 5.83. The van der Waals surface area contributed by atoms with Crippen molar-refractivity contribution in [3.05, 3.63) is 65.9 Å². The van der Waals surface area contributed by atoms with E-state index in [1.54, 1.807) is 20.4 Å². The van der Waals surface area contributed by atoms with Gasteiger partial charge in [-0.1, -0.05) is 17.9 Å². The van der Waals surface area contributed by atoms with Crippen molar-refractivity contribution in [2.45, 2.75) is 31.8 Å². The fraction of sp³-hybridized carbons (Fsp3) is 0.400. The molecule has 1 aromatic heterocycles. The minimum absolute atomic E-state index is 0.0198. The maximum Gasteiger partial charge on any atom is 0.303 e. The highest BCUT2D eigenvalue weighted by Gasteiger charge is 2.31. The van der Waals surface area contributed by atoms with Crippen LogP contribution in [0.25, 0.3) is 10.9 Å². The van der Waals surface area contributed by atoms with Gasteiger partial charge in [-0.05, 0) is 85.7 Å². The number of methoxy groups -OCH3 is 2. The summed E-state index contributed by atoms with van der Waals surface area (Å²) >= 11 is 0. The number of carboxylic acid groups (broad SMARTS) is 1. The second-order valence-electron chi connectivity index (χ2n) is 9.55. The zero-order chi connectivity index (χ0) is 26.2. The molecule has 3 aromatic rings. The van der Waals surface area contributed by atoms with Crippen molar-refractivity contribution in [2.24, 2.45) is 11.8 Å². The van der Waals surface area contributed by atoms with Gasteiger partial charge in [0.25, 0.3) is 0 Å². The van der Waals surface area contributed by atoms with E-state index in [1.807, 2.05) is 48.5 Å². The van der Waals surface area contributed by atoms with Crippen LogP contribution in [0.3, 0.4) is 0 Å². The quantitative estimate of drug-likeness (QED) is 0.415. The SMILES string of the molecule is COc1cccc(C#CCN2CC[C@@H](CCC(O)c3ccnc4ccc(OC)cc34)[C@@H](CC(=O)O)C2)c1. The number of carboxylic acids is 1. The van der Waals surface area contributed by atoms with Crippen LogP contribution in [0, 0.1) is 23.7 Å². The number of aliphatic hydroxyl groups is 1. The number of aliphatic hydroxyl groups excluding tert-OH is 1. The Morgan fingerprint density at radius 3 is 2.73 bits per heavy atom. The van der Waals surface area contributed by atoms with Gasteiger partial charge in [0.15, 0.2) is 0 Å². The summed E-state index contributed by atoms with van der Waals surface area (Å²) in [6, 6.07) is 15.2. The second-order valence-corrected chi connectivity index (χ2v) is 9.55. The molecule has 1 unspecified atom stereocenters. The lowest BCUT2D eigenvalue weighted by Gasteiger charge is -2.37. The van der Waals surface area contributed by atoms with Crippen molar-refractivity contribution < 1.29 is 24.5 Å². The molecule has 1 fully saturated rings. The number of aromatic nitrogens is 1. The first-order valence-corrected chi connectivity index (χ1v) is 12.6. The van der Waals surface area contributed by atoms with Gasteiger partial charge < -0.3 is 19.7 Å². The fourth-order valence-corrected chi connectivity index (χ4v) is 5.18. The molecule has 2 aromatic carbocycles. The standard InChI is InChI=1S/C30H34N2O5/c1-36-24-7-3-5-21(17-24)6-4-15-32-16-13-22(23(20-32)18-30(34)35)8-11-29(33)26-12-14-31-28-10-9-25(37-2)19-27(26)28/h3,5,7,9-10,12,14,17,19,22-23,29,33H,8,11,13,15-16,18,20H2,1-2H3,(H,34,35)/t22-,23+,29?/m1/s1. The van der Waals surface area contributed by atoms with Crippen molar-refractivity contribution in [3.63, 3.8) is 0 Å². The Bertz CT molecular complexity index is 1280. The number of hydrogen-bond donors (Lipinski definition) is 2. The van der Waals surface area contributed by atoms with Gasteiger partial charge in [-0.2, -0.15) is 0 Å². The highest BCUT2D eigenvalue weighted by atomic mass is 16.5. The number of aliphatic carboxylic acids is 1. The van der Waals surface area contributed by atoms with E-state index in [-0.39, 0.29) is 18.3 Å². The van der Waals surface area contributed by atoms with Gasteiger partial charge in [0.2, 0.25) is 0 Å². The van der Waals surface area contributed by atoms with Crippen LogP contribution in [-0.4, -0.2) is 59.9 Å². The van der Waals surface area contributed by atoms with Crippen LogP contribution in [-0.2, 0) is 4.79 Å². The third kappa shape index (κ3) is 7.00. The summed E-state index contributed by atoms with van der Waals surface area (Å²) in [5.74, 6) is 7.37. The lowest BCUT2D eigenvalue weighted by Crippen LogP contribution is -2.41. The van der Waals surface area contributed by atoms with E-state index in [0.717, 1.165) is 52.9 Å². The van der Waals surface area contributed by atoms with E-state index in [0.29, 0.717) is 19.5 Å². The summed E-state index contributed by atoms with van der Waals surface area (Å²) in [4.78, 5) is 18.3. The predicted octanol–water partition coefficient (Wildman–Crippen LogP) is 4.53. The Labute approximate surface area is 218 Å². The summed E-state index contributed by atoms with van der Waals surface area (Å²) < 4.78 is 10.6. The molecular weight excluding hydrogens is 468 g/mol. The first-order valence-electron chi connectivity index (χ1n) is 12.6. The van der Waals surface area contributed by atoms with Crippen molar-refractivity contribution in [1.29, 1.82) is 0 Å². The number of pyridine rings is 1. The van der Waals surface area contributed by atoms with Gasteiger partial charge >= 0.3 is 5.97 Å². The van der Waals surface area contributed by atoms with Gasteiger partial charge in [-0.25, -0.2) is 0 Å². The normalized spacial score (nSPS) is 18.6. The second kappa shape index (κ2) is 12.6. The van der Waals surface area contributed by atoms with E-state index in [9.17, 15) is 15.0 Å². The summed E-state index contributed by atoms with van der Waals surface area (Å²) in [6.07, 6.45) is 3.39. The molecule has 7 heteroatoms. The third-order valence-electron chi connectivity index (χ3n) is 7.17. The lowest BCUT2D eigenvalue weighted by molar-refractivity contribution is -0.139. The van der Waals surface area contributed by atoms with Gasteiger partial charge in [0.1, 0.15) is 11.5 Å². The smallest absolute Gasteiger partial charge is 0.303 e. The number of piperidine rings is 1. The zero-order valence-corrected chi connectivity index (χ0v) is 21.4. The molecule has 37 heavy (non-hydrogen) atoms. The van der Waals surface area contributed by atoms with Gasteiger partial charge in [0.05, 0.1) is 32.4 Å². The molecule has 0 bridgehead atoms. The first-order chi connectivity index (χ1) is 18.0. The van der Waals surface area contributed by atoms with Gasteiger partial charge in [-0.3, -0.25) is 14.7 Å². The Hall–Kier alpha value is -3.60. The van der Waals surface area contributed by atoms with Crippen LogP contribution < -0.4 is 9.47 Å². The third-order valence-corrected chi connectivity index (χ3v) is 7.17. The zero-order valence-electron chi connectivity index (χ0n) is 21.4. The molecule has 7 nitrogen and oxygen atoms in total. The van der Waals surface area contributed by atoms with Crippen molar-refractivity contribution in [1.82, 2.24) is 9.88 Å². The fourth-order valence-electron chi connectivity index (χ4n) is 5.18. The maximum atomic E-state index is 11.6. The molecular formula is C30H34N2O5. The van der Waals surface area contributed by atoms with Crippen molar-refractivity contribution >= 4 is 16.9 Å². The van der Waals surface area contributed by atoms with E-state index < -0.39 is 12.1 Å². The number of fused-ring (bicyclic) bond motifs is 1. The molecule has 2 heterocycles. The Balaban J connectivity index is 1.38. The number of nitrogens with zero attached hydrogens (tertiary/aromatic N) is 2. The van der Waals surface area contributed by atoms with Crippen LogP contribution in [0.2, 0.25) is 0 Å². The number of ether oxygens (including phenoxy) is 2. The summed E-state index contributed by atoms with van der Waals surface area (Å²) in [6.45, 7) is 2.14. The van der Waals surface area contributed by atoms with Crippen LogP contribution >= 0.6 is 0 Å². The van der Waals surface area contributed by atoms with E-state index in [2.05, 4.69) is 21.7 Å². The molecule has 0 saturated carbocycles. The van der Waals surface area contributed by atoms with E-state index in [4.69, 9.17) is 9.47 Å². The molecule has 0 radical (unpaired) electrons. The van der Waals surface area contributed by atoms with Crippen LogP contribution in [0.15, 0.2) is 54.7 Å². The Morgan fingerprint density at radius 1 is 1.14 bits per heavy atom. The predicted molar refractivity (Wildman–Crippen MR) is 143 cm³/mol. The molecule has 3 atom stereocenters. The molecule has 4 rings (SSSR count). The van der Waals surface area contributed by atoms with Crippen molar-refractivity contribution in [2.75, 3.05) is 33.9 Å². The van der Waals surface area contributed by atoms with Gasteiger partial charge in [0, 0.05) is 30.1 Å². The van der Waals surface area contributed by atoms with E-state index in [1.165, 1.54) is 0 Å². The number of carbonyl (C=O) groups is 1. The van der Waals surface area contributed by atoms with E-state index >= 15 is 0 Å². The summed E-state index contributed by atoms with van der Waals surface area (Å²) in [7, 11) is 3.25. The molecule has 2 N–H and O–H groups in total. The molecule has 1 aliphatic heterocycles. The summed E-state index contributed by atoms with van der Waals surface area (Å²) in [5.41, 5.74) is 2.53. The average molecular weight is 503 g/mol. The number of benzene rings is 2. The number of likely N-dealkylation sites (tertiary alicyclic amines) is 1. The molecule has 1 aliphatic rings. The minimum atomic E-state index is -0.785. The van der Waals surface area contributed by atoms with Crippen LogP contribution in [0.1, 0.15) is 42.9 Å². The largest absolute Gasteiger partial charge is 0.497 e. The highest BCUT2D eigenvalue weighted by Crippen LogP contribution is 2.34. The molecule has 1 saturated heterocycles. The first kappa shape index (κ1) is 26.5. The topological polar surface area (TPSA) is 92.1 Å². The number of rotatable bonds is 9. The molecule has 194 valence electrons. The van der Waals surface area contributed by atoms with Crippen molar-refractivity contribution in [3.8, 4) is 23.3 Å². The average Bonchev–Trinajstić information content (AvgIpc) is 2.91. The monoisotopic (exact) mass is 502 g/mol. The Kier molecular flexibility index (Phi) is 8.99.